The summed E-state index contributed by atoms with van der Waals surface area (Å²) in [6, 6.07) is 12.8. The fourth-order valence-corrected chi connectivity index (χ4v) is 2.64. The van der Waals surface area contributed by atoms with Crippen LogP contribution < -0.4 is 10.3 Å². The van der Waals surface area contributed by atoms with Crippen molar-refractivity contribution in [2.45, 2.75) is 6.54 Å². The number of hydrogen-bond acceptors (Lipinski definition) is 3. The number of nitrogens with zero attached hydrogens (tertiary/aromatic N) is 1. The fraction of sp³-hybridized carbons (Fsp3) is 0.158. The van der Waals surface area contributed by atoms with E-state index in [9.17, 15) is 14.0 Å². The van der Waals surface area contributed by atoms with Gasteiger partial charge in [0, 0.05) is 18.7 Å². The standard InChI is InChI=1S/C19H17FN2O3/c1-22(19(24)15-5-3-4-6-16(15)20)11-13-9-12-7-8-14(25-2)10-17(12)21-18(13)23/h3-10H,11H2,1-2H3,(H,21,23). The molecule has 3 rings (SSSR count). The molecule has 1 amide bonds. The molecule has 0 fully saturated rings. The molecule has 1 heterocycles. The lowest BCUT2D eigenvalue weighted by Gasteiger charge is -2.17. The SMILES string of the molecule is COc1ccc2cc(CN(C)C(=O)c3ccccc3F)c(=O)[nH]c2c1. The Kier molecular flexibility index (Phi) is 4.52. The monoisotopic (exact) mass is 340 g/mol. The number of rotatable bonds is 4. The van der Waals surface area contributed by atoms with Crippen molar-refractivity contribution in [3.63, 3.8) is 0 Å². The van der Waals surface area contributed by atoms with E-state index in [2.05, 4.69) is 4.98 Å². The summed E-state index contributed by atoms with van der Waals surface area (Å²) in [4.78, 5) is 28.8. The van der Waals surface area contributed by atoms with Gasteiger partial charge in [0.1, 0.15) is 11.6 Å². The van der Waals surface area contributed by atoms with Crippen LogP contribution in [0.25, 0.3) is 10.9 Å². The first-order valence-electron chi connectivity index (χ1n) is 7.69. The van der Waals surface area contributed by atoms with Crippen LogP contribution in [-0.2, 0) is 6.54 Å². The smallest absolute Gasteiger partial charge is 0.256 e. The van der Waals surface area contributed by atoms with Gasteiger partial charge in [0.2, 0.25) is 0 Å². The van der Waals surface area contributed by atoms with Crippen LogP contribution in [0.2, 0.25) is 0 Å². The van der Waals surface area contributed by atoms with Crippen LogP contribution in [0.4, 0.5) is 4.39 Å². The van der Waals surface area contributed by atoms with Gasteiger partial charge in [0.05, 0.1) is 24.7 Å². The summed E-state index contributed by atoms with van der Waals surface area (Å²) < 4.78 is 18.9. The number of carbonyl (C=O) groups is 1. The maximum absolute atomic E-state index is 13.8. The molecule has 25 heavy (non-hydrogen) atoms. The minimum Gasteiger partial charge on any atom is -0.497 e. The second-order valence-corrected chi connectivity index (χ2v) is 5.72. The molecule has 0 saturated carbocycles. The number of hydrogen-bond donors (Lipinski definition) is 1. The zero-order valence-corrected chi connectivity index (χ0v) is 13.9. The zero-order chi connectivity index (χ0) is 18.0. The molecule has 0 unspecified atom stereocenters. The van der Waals surface area contributed by atoms with E-state index >= 15 is 0 Å². The van der Waals surface area contributed by atoms with Gasteiger partial charge in [-0.2, -0.15) is 0 Å². The fourth-order valence-electron chi connectivity index (χ4n) is 2.64. The second kappa shape index (κ2) is 6.76. The van der Waals surface area contributed by atoms with Gasteiger partial charge in [-0.1, -0.05) is 12.1 Å². The second-order valence-electron chi connectivity index (χ2n) is 5.72. The van der Waals surface area contributed by atoms with Gasteiger partial charge >= 0.3 is 0 Å². The molecule has 0 aliphatic rings. The van der Waals surface area contributed by atoms with Crippen molar-refractivity contribution in [3.8, 4) is 5.75 Å². The average molecular weight is 340 g/mol. The van der Waals surface area contributed by atoms with Gasteiger partial charge < -0.3 is 14.6 Å². The molecule has 0 spiro atoms. The maximum atomic E-state index is 13.8. The molecule has 0 saturated heterocycles. The van der Waals surface area contributed by atoms with Crippen LogP contribution >= 0.6 is 0 Å². The maximum Gasteiger partial charge on any atom is 0.256 e. The van der Waals surface area contributed by atoms with Crippen molar-refractivity contribution in [3.05, 3.63) is 75.8 Å². The van der Waals surface area contributed by atoms with E-state index in [1.54, 1.807) is 31.4 Å². The van der Waals surface area contributed by atoms with Gasteiger partial charge in [0.15, 0.2) is 0 Å². The molecular formula is C19H17FN2O3. The lowest BCUT2D eigenvalue weighted by Crippen LogP contribution is -2.29. The summed E-state index contributed by atoms with van der Waals surface area (Å²) in [6.45, 7) is 0.0739. The van der Waals surface area contributed by atoms with Crippen LogP contribution in [0.5, 0.6) is 5.75 Å². The first kappa shape index (κ1) is 16.7. The summed E-state index contributed by atoms with van der Waals surface area (Å²) in [5, 5.41) is 0.821. The Morgan fingerprint density at radius 1 is 1.20 bits per heavy atom. The lowest BCUT2D eigenvalue weighted by atomic mass is 10.1. The summed E-state index contributed by atoms with van der Waals surface area (Å²) in [5.41, 5.74) is 0.752. The van der Waals surface area contributed by atoms with Gasteiger partial charge in [-0.05, 0) is 35.7 Å². The number of amides is 1. The van der Waals surface area contributed by atoms with Crippen molar-refractivity contribution in [1.29, 1.82) is 0 Å². The summed E-state index contributed by atoms with van der Waals surface area (Å²) >= 11 is 0. The summed E-state index contributed by atoms with van der Waals surface area (Å²) in [7, 11) is 3.09. The van der Waals surface area contributed by atoms with E-state index in [0.29, 0.717) is 16.8 Å². The molecule has 1 N–H and O–H groups in total. The molecule has 0 atom stereocenters. The minimum absolute atomic E-state index is 0.0213. The number of nitrogens with one attached hydrogen (secondary N) is 1. The topological polar surface area (TPSA) is 62.4 Å². The van der Waals surface area contributed by atoms with Crippen molar-refractivity contribution in [2.75, 3.05) is 14.2 Å². The van der Waals surface area contributed by atoms with E-state index in [1.165, 1.54) is 30.1 Å². The van der Waals surface area contributed by atoms with E-state index in [-0.39, 0.29) is 17.7 Å². The predicted molar refractivity (Wildman–Crippen MR) is 93.3 cm³/mol. The van der Waals surface area contributed by atoms with Crippen molar-refractivity contribution in [2.24, 2.45) is 0 Å². The number of aromatic nitrogens is 1. The average Bonchev–Trinajstić information content (AvgIpc) is 2.61. The number of ether oxygens (including phenoxy) is 1. The Balaban J connectivity index is 1.89. The predicted octanol–water partition coefficient (Wildman–Crippen LogP) is 2.95. The molecular weight excluding hydrogens is 323 g/mol. The third kappa shape index (κ3) is 3.38. The first-order chi connectivity index (χ1) is 12.0. The van der Waals surface area contributed by atoms with Crippen molar-refractivity contribution < 1.29 is 13.9 Å². The highest BCUT2D eigenvalue weighted by molar-refractivity contribution is 5.94. The van der Waals surface area contributed by atoms with Crippen LogP contribution in [0.15, 0.2) is 53.3 Å². The molecule has 0 aliphatic carbocycles. The molecule has 5 nitrogen and oxygen atoms in total. The van der Waals surface area contributed by atoms with Crippen molar-refractivity contribution in [1.82, 2.24) is 9.88 Å². The quantitative estimate of drug-likeness (QED) is 0.794. The summed E-state index contributed by atoms with van der Waals surface area (Å²) in [5.74, 6) is -0.422. The number of halogens is 1. The Morgan fingerprint density at radius 3 is 2.68 bits per heavy atom. The molecule has 1 aromatic heterocycles. The van der Waals surface area contributed by atoms with Gasteiger partial charge in [0.25, 0.3) is 11.5 Å². The molecule has 128 valence electrons. The normalized spacial score (nSPS) is 10.7. The highest BCUT2D eigenvalue weighted by Gasteiger charge is 2.17. The number of pyridine rings is 1. The van der Waals surface area contributed by atoms with Crippen LogP contribution in [0.1, 0.15) is 15.9 Å². The van der Waals surface area contributed by atoms with Crippen LogP contribution in [0.3, 0.4) is 0 Å². The Morgan fingerprint density at radius 2 is 1.96 bits per heavy atom. The van der Waals surface area contributed by atoms with Crippen LogP contribution in [-0.4, -0.2) is 29.9 Å². The van der Waals surface area contributed by atoms with Crippen molar-refractivity contribution >= 4 is 16.8 Å². The Labute approximate surface area is 143 Å². The number of aromatic amines is 1. The molecule has 6 heteroatoms. The van der Waals surface area contributed by atoms with Gasteiger partial charge in [-0.3, -0.25) is 9.59 Å². The Hall–Kier alpha value is -3.15. The zero-order valence-electron chi connectivity index (χ0n) is 13.9. The first-order valence-corrected chi connectivity index (χ1v) is 7.69. The number of methoxy groups -OCH3 is 1. The highest BCUT2D eigenvalue weighted by atomic mass is 19.1. The largest absolute Gasteiger partial charge is 0.497 e. The van der Waals surface area contributed by atoms with Crippen LogP contribution in [0, 0.1) is 5.82 Å². The third-order valence-electron chi connectivity index (χ3n) is 3.99. The number of fused-ring (bicyclic) bond motifs is 1. The lowest BCUT2D eigenvalue weighted by molar-refractivity contribution is 0.0780. The van der Waals surface area contributed by atoms with Gasteiger partial charge in [-0.15, -0.1) is 0 Å². The molecule has 0 bridgehead atoms. The number of benzene rings is 2. The van der Waals surface area contributed by atoms with E-state index < -0.39 is 11.7 Å². The molecule has 2 aromatic carbocycles. The molecule has 0 radical (unpaired) electrons. The molecule has 3 aromatic rings. The highest BCUT2D eigenvalue weighted by Crippen LogP contribution is 2.19. The number of carbonyl (C=O) groups excluding carboxylic acids is 1. The minimum atomic E-state index is -0.584. The third-order valence-corrected chi connectivity index (χ3v) is 3.99. The molecule has 0 aliphatic heterocycles. The summed E-state index contributed by atoms with van der Waals surface area (Å²) in [6.07, 6.45) is 0. The van der Waals surface area contributed by atoms with E-state index in [1.807, 2.05) is 6.07 Å². The van der Waals surface area contributed by atoms with E-state index in [4.69, 9.17) is 4.74 Å². The van der Waals surface area contributed by atoms with Gasteiger partial charge in [-0.25, -0.2) is 4.39 Å². The Bertz CT molecular complexity index is 997. The van der Waals surface area contributed by atoms with E-state index in [0.717, 1.165) is 5.39 Å². The number of H-pyrrole nitrogens is 1.